The Balaban J connectivity index is 2.06. The van der Waals surface area contributed by atoms with Crippen molar-refractivity contribution in [3.63, 3.8) is 0 Å². The predicted octanol–water partition coefficient (Wildman–Crippen LogP) is 7.25. The molecule has 0 spiro atoms. The number of halogens is 4. The average Bonchev–Trinajstić information content (AvgIpc) is 3.08. The molecule has 1 aliphatic heterocycles. The number of methoxy groups -OCH3 is 2. The first kappa shape index (κ1) is 26.2. The summed E-state index contributed by atoms with van der Waals surface area (Å²) in [7, 11) is 2.72. The molecule has 186 valence electrons. The monoisotopic (exact) mass is 565 g/mol. The quantitative estimate of drug-likeness (QED) is 0.200. The minimum absolute atomic E-state index is 0.00246. The molecule has 0 aliphatic carbocycles. The van der Waals surface area contributed by atoms with Crippen LogP contribution in [-0.4, -0.2) is 31.0 Å². The van der Waals surface area contributed by atoms with E-state index >= 15 is 0 Å². The first-order chi connectivity index (χ1) is 17.1. The maximum Gasteiger partial charge on any atom is 0.300 e. The number of anilines is 1. The van der Waals surface area contributed by atoms with Gasteiger partial charge in [-0.3, -0.25) is 14.5 Å². The molecule has 0 bridgehead atoms. The molecule has 6 nitrogen and oxygen atoms in total. The van der Waals surface area contributed by atoms with E-state index in [0.717, 1.165) is 5.56 Å². The molecule has 1 fully saturated rings. The largest absolute Gasteiger partial charge is 0.507 e. The van der Waals surface area contributed by atoms with Crippen LogP contribution in [0.1, 0.15) is 22.7 Å². The molecule has 1 saturated heterocycles. The van der Waals surface area contributed by atoms with Gasteiger partial charge in [0.25, 0.3) is 11.7 Å². The van der Waals surface area contributed by atoms with Crippen LogP contribution in [0.15, 0.2) is 54.1 Å². The predicted molar refractivity (Wildman–Crippen MR) is 142 cm³/mol. The summed E-state index contributed by atoms with van der Waals surface area (Å²) in [5.74, 6) is -2.14. The number of aliphatic hydroxyl groups is 1. The van der Waals surface area contributed by atoms with Crippen LogP contribution in [-0.2, 0) is 9.59 Å². The van der Waals surface area contributed by atoms with Crippen molar-refractivity contribution in [3.05, 3.63) is 90.9 Å². The van der Waals surface area contributed by atoms with E-state index < -0.39 is 23.5 Å². The zero-order valence-corrected chi connectivity index (χ0v) is 22.3. The maximum absolute atomic E-state index is 13.5. The lowest BCUT2D eigenvalue weighted by Crippen LogP contribution is -2.29. The Hall–Kier alpha value is -2.90. The molecule has 0 aromatic heterocycles. The normalized spacial score (nSPS) is 17.0. The highest BCUT2D eigenvalue weighted by molar-refractivity contribution is 6.52. The molecule has 3 aromatic carbocycles. The van der Waals surface area contributed by atoms with E-state index in [2.05, 4.69) is 0 Å². The summed E-state index contributed by atoms with van der Waals surface area (Å²) in [6.07, 6.45) is 0. The number of carbonyl (C=O) groups is 2. The molecule has 0 radical (unpaired) electrons. The molecule has 1 amide bonds. The number of hydrogen-bond acceptors (Lipinski definition) is 5. The van der Waals surface area contributed by atoms with Crippen molar-refractivity contribution in [1.82, 2.24) is 0 Å². The number of nitrogens with zero attached hydrogens (tertiary/aromatic N) is 1. The van der Waals surface area contributed by atoms with Crippen LogP contribution in [0.25, 0.3) is 5.76 Å². The van der Waals surface area contributed by atoms with E-state index in [1.54, 1.807) is 12.1 Å². The van der Waals surface area contributed by atoms with Crippen LogP contribution in [0, 0.1) is 6.92 Å². The summed E-state index contributed by atoms with van der Waals surface area (Å²) in [6.45, 7) is 1.84. The van der Waals surface area contributed by atoms with Gasteiger partial charge in [0.05, 0.1) is 36.4 Å². The Morgan fingerprint density at radius 1 is 0.917 bits per heavy atom. The first-order valence-electron chi connectivity index (χ1n) is 10.5. The van der Waals surface area contributed by atoms with Crippen molar-refractivity contribution in [3.8, 4) is 11.5 Å². The maximum atomic E-state index is 13.5. The molecule has 1 N–H and O–H groups in total. The molecule has 1 heterocycles. The molecule has 0 saturated carbocycles. The van der Waals surface area contributed by atoms with Crippen LogP contribution in [0.5, 0.6) is 11.5 Å². The van der Waals surface area contributed by atoms with Crippen molar-refractivity contribution in [2.24, 2.45) is 0 Å². The molecule has 3 aromatic rings. The minimum Gasteiger partial charge on any atom is -0.507 e. The second-order valence-electron chi connectivity index (χ2n) is 7.94. The Kier molecular flexibility index (Phi) is 7.43. The van der Waals surface area contributed by atoms with Gasteiger partial charge in [-0.2, -0.15) is 0 Å². The highest BCUT2D eigenvalue weighted by atomic mass is 35.5. The number of ketones is 1. The van der Waals surface area contributed by atoms with Gasteiger partial charge in [0, 0.05) is 15.7 Å². The van der Waals surface area contributed by atoms with E-state index in [4.69, 9.17) is 55.9 Å². The topological polar surface area (TPSA) is 76.1 Å². The summed E-state index contributed by atoms with van der Waals surface area (Å²) in [5, 5.41) is 12.1. The summed E-state index contributed by atoms with van der Waals surface area (Å²) in [6, 6.07) is 12.1. The van der Waals surface area contributed by atoms with E-state index in [9.17, 15) is 14.7 Å². The fourth-order valence-corrected chi connectivity index (χ4v) is 5.46. The Morgan fingerprint density at radius 3 is 2.11 bits per heavy atom. The van der Waals surface area contributed by atoms with Gasteiger partial charge in [-0.25, -0.2) is 0 Å². The van der Waals surface area contributed by atoms with E-state index in [0.29, 0.717) is 11.3 Å². The average molecular weight is 567 g/mol. The number of hydrogen-bond donors (Lipinski definition) is 1. The summed E-state index contributed by atoms with van der Waals surface area (Å²) < 4.78 is 10.6. The molecule has 1 unspecified atom stereocenters. The molecular formula is C26H19Cl4NO5. The number of ether oxygens (including phenoxy) is 2. The number of amides is 1. The fraction of sp³-hybridized carbons (Fsp3) is 0.154. The highest BCUT2D eigenvalue weighted by Crippen LogP contribution is 2.48. The lowest BCUT2D eigenvalue weighted by atomic mass is 9.92. The number of carbonyl (C=O) groups excluding carboxylic acids is 2. The van der Waals surface area contributed by atoms with Crippen molar-refractivity contribution < 1.29 is 24.2 Å². The molecule has 1 aliphatic rings. The van der Waals surface area contributed by atoms with Gasteiger partial charge in [0.1, 0.15) is 10.8 Å². The van der Waals surface area contributed by atoms with Crippen LogP contribution in [0.4, 0.5) is 5.69 Å². The second kappa shape index (κ2) is 10.2. The Morgan fingerprint density at radius 2 is 1.53 bits per heavy atom. The van der Waals surface area contributed by atoms with Gasteiger partial charge in [-0.05, 0) is 42.3 Å². The van der Waals surface area contributed by atoms with E-state index in [-0.39, 0.29) is 42.7 Å². The molecule has 36 heavy (non-hydrogen) atoms. The van der Waals surface area contributed by atoms with Crippen LogP contribution in [0.2, 0.25) is 20.1 Å². The van der Waals surface area contributed by atoms with Crippen LogP contribution in [0.3, 0.4) is 0 Å². The third kappa shape index (κ3) is 4.39. The fourth-order valence-electron chi connectivity index (χ4n) is 4.26. The van der Waals surface area contributed by atoms with Gasteiger partial charge in [-0.1, -0.05) is 70.7 Å². The van der Waals surface area contributed by atoms with Gasteiger partial charge < -0.3 is 14.6 Å². The standard InChI is InChI=1S/C26H19Cl4NO5/c1-12-6-4-5-7-16(12)21-19(22(32)17-11-18(29)25(36-3)20(30)24(17)35-2)23(33)26(34)31(21)15-9-13(27)8-14(28)10-15/h4-11,21,32H,1-3H3/b22-19+. The molecule has 10 heteroatoms. The number of Topliss-reactive ketones (excluding diaryl/α,β-unsaturated/α-hetero) is 1. The third-order valence-corrected chi connectivity index (χ3v) is 6.91. The first-order valence-corrected chi connectivity index (χ1v) is 12.0. The summed E-state index contributed by atoms with van der Waals surface area (Å²) >= 11 is 25.2. The zero-order chi connectivity index (χ0) is 26.3. The SMILES string of the molecule is COc1c(Cl)cc(/C(O)=C2\C(=O)C(=O)N(c3cc(Cl)cc(Cl)c3)C2c2ccccc2C)c(OC)c1Cl. The van der Waals surface area contributed by atoms with Crippen LogP contribution >= 0.6 is 46.4 Å². The molecule has 4 rings (SSSR count). The van der Waals surface area contributed by atoms with Gasteiger partial charge >= 0.3 is 0 Å². The van der Waals surface area contributed by atoms with Gasteiger partial charge in [0.15, 0.2) is 11.5 Å². The van der Waals surface area contributed by atoms with Crippen molar-refractivity contribution >= 4 is 69.5 Å². The number of aliphatic hydroxyl groups excluding tert-OH is 1. The second-order valence-corrected chi connectivity index (χ2v) is 9.60. The smallest absolute Gasteiger partial charge is 0.300 e. The lowest BCUT2D eigenvalue weighted by molar-refractivity contribution is -0.132. The Labute approximate surface area is 227 Å². The van der Waals surface area contributed by atoms with Gasteiger partial charge in [0.2, 0.25) is 0 Å². The summed E-state index contributed by atoms with van der Waals surface area (Å²) in [4.78, 5) is 28.1. The van der Waals surface area contributed by atoms with Crippen molar-refractivity contribution in [2.45, 2.75) is 13.0 Å². The van der Waals surface area contributed by atoms with Crippen molar-refractivity contribution in [1.29, 1.82) is 0 Å². The number of aryl methyl sites for hydroxylation is 1. The summed E-state index contributed by atoms with van der Waals surface area (Å²) in [5.41, 5.74) is 1.53. The van der Waals surface area contributed by atoms with E-state index in [1.165, 1.54) is 43.4 Å². The Bertz CT molecular complexity index is 1420. The van der Waals surface area contributed by atoms with E-state index in [1.807, 2.05) is 19.1 Å². The van der Waals surface area contributed by atoms with Gasteiger partial charge in [-0.15, -0.1) is 0 Å². The highest BCUT2D eigenvalue weighted by Gasteiger charge is 2.48. The minimum atomic E-state index is -1.01. The zero-order valence-electron chi connectivity index (χ0n) is 19.2. The van der Waals surface area contributed by atoms with Crippen molar-refractivity contribution in [2.75, 3.05) is 19.1 Å². The molecular weight excluding hydrogens is 548 g/mol. The number of rotatable bonds is 5. The molecule has 1 atom stereocenters. The number of benzene rings is 3. The lowest BCUT2D eigenvalue weighted by Gasteiger charge is -2.27. The third-order valence-electron chi connectivity index (χ3n) is 5.85. The van der Waals surface area contributed by atoms with Crippen LogP contribution < -0.4 is 14.4 Å².